The summed E-state index contributed by atoms with van der Waals surface area (Å²) in [4.78, 5) is 0. The number of hydrogen-bond donors (Lipinski definition) is 1. The zero-order valence-corrected chi connectivity index (χ0v) is 11.4. The third kappa shape index (κ3) is 2.71. The minimum Gasteiger partial charge on any atom is -0.481 e. The zero-order chi connectivity index (χ0) is 13.8. The summed E-state index contributed by atoms with van der Waals surface area (Å²) in [5.74, 6) is 3.40. The molecular weight excluding hydrogens is 238 g/mol. The molecule has 0 saturated heterocycles. The molecule has 4 nitrogen and oxygen atoms in total. The molecule has 0 aliphatic rings. The van der Waals surface area contributed by atoms with Crippen molar-refractivity contribution in [3.05, 3.63) is 41.1 Å². The molecule has 2 aromatic rings. The predicted molar refractivity (Wildman–Crippen MR) is 76.2 cm³/mol. The van der Waals surface area contributed by atoms with Gasteiger partial charge in [0.2, 0.25) is 5.88 Å². The van der Waals surface area contributed by atoms with Crippen molar-refractivity contribution in [3.8, 4) is 18.2 Å². The van der Waals surface area contributed by atoms with E-state index in [1.807, 2.05) is 38.2 Å². The maximum Gasteiger partial charge on any atom is 0.216 e. The van der Waals surface area contributed by atoms with Crippen LogP contribution in [-0.4, -0.2) is 16.9 Å². The van der Waals surface area contributed by atoms with E-state index in [0.717, 1.165) is 28.4 Å². The lowest BCUT2D eigenvalue weighted by Gasteiger charge is -2.08. The molecule has 1 heterocycles. The van der Waals surface area contributed by atoms with Crippen molar-refractivity contribution in [2.45, 2.75) is 13.5 Å². The van der Waals surface area contributed by atoms with E-state index >= 15 is 0 Å². The van der Waals surface area contributed by atoms with Crippen molar-refractivity contribution in [2.24, 2.45) is 7.05 Å². The fourth-order valence-corrected chi connectivity index (χ4v) is 2.05. The van der Waals surface area contributed by atoms with Gasteiger partial charge in [-0.2, -0.15) is 5.10 Å². The van der Waals surface area contributed by atoms with Gasteiger partial charge in [-0.05, 0) is 25.1 Å². The standard InChI is InChI=1S/C15H17N3O/c1-5-12-7-6-8-13(9-12)16-10-14-11(2)17-18(3)15(14)19-4/h1,6-9,16H,10H2,2-4H3. The number of anilines is 1. The number of rotatable bonds is 4. The summed E-state index contributed by atoms with van der Waals surface area (Å²) in [6.45, 7) is 2.62. The van der Waals surface area contributed by atoms with Gasteiger partial charge in [0.15, 0.2) is 0 Å². The Balaban J connectivity index is 2.17. The second kappa shape index (κ2) is 5.49. The minimum absolute atomic E-state index is 0.650. The van der Waals surface area contributed by atoms with Crippen molar-refractivity contribution >= 4 is 5.69 Å². The Kier molecular flexibility index (Phi) is 3.76. The van der Waals surface area contributed by atoms with Crippen LogP contribution in [0.4, 0.5) is 5.69 Å². The molecule has 0 radical (unpaired) electrons. The van der Waals surface area contributed by atoms with Crippen LogP contribution in [0.3, 0.4) is 0 Å². The summed E-state index contributed by atoms with van der Waals surface area (Å²) >= 11 is 0. The fraction of sp³-hybridized carbons (Fsp3) is 0.267. The van der Waals surface area contributed by atoms with Crippen LogP contribution in [-0.2, 0) is 13.6 Å². The van der Waals surface area contributed by atoms with Crippen LogP contribution in [0.25, 0.3) is 0 Å². The molecule has 19 heavy (non-hydrogen) atoms. The molecule has 0 saturated carbocycles. The average molecular weight is 255 g/mol. The molecule has 0 spiro atoms. The maximum absolute atomic E-state index is 5.39. The molecule has 0 aliphatic carbocycles. The van der Waals surface area contributed by atoms with Gasteiger partial charge in [0.1, 0.15) is 0 Å². The topological polar surface area (TPSA) is 39.1 Å². The Hall–Kier alpha value is -2.41. The molecule has 0 unspecified atom stereocenters. The summed E-state index contributed by atoms with van der Waals surface area (Å²) in [7, 11) is 3.52. The normalized spacial score (nSPS) is 10.0. The molecule has 1 aromatic heterocycles. The zero-order valence-electron chi connectivity index (χ0n) is 11.4. The Morgan fingerprint density at radius 1 is 1.47 bits per heavy atom. The van der Waals surface area contributed by atoms with Crippen molar-refractivity contribution < 1.29 is 4.74 Å². The molecule has 0 amide bonds. The maximum atomic E-state index is 5.39. The highest BCUT2D eigenvalue weighted by Crippen LogP contribution is 2.22. The van der Waals surface area contributed by atoms with E-state index in [-0.39, 0.29) is 0 Å². The van der Waals surface area contributed by atoms with Crippen LogP contribution in [0.15, 0.2) is 24.3 Å². The summed E-state index contributed by atoms with van der Waals surface area (Å²) in [5, 5.41) is 7.68. The van der Waals surface area contributed by atoms with Crippen LogP contribution < -0.4 is 10.1 Å². The number of nitrogens with one attached hydrogen (secondary N) is 1. The number of terminal acetylenes is 1. The molecule has 0 bridgehead atoms. The Bertz CT molecular complexity index is 623. The van der Waals surface area contributed by atoms with Gasteiger partial charge in [-0.15, -0.1) is 6.42 Å². The molecule has 1 aromatic carbocycles. The molecule has 4 heteroatoms. The lowest BCUT2D eigenvalue weighted by molar-refractivity contribution is 0.370. The van der Waals surface area contributed by atoms with Crippen molar-refractivity contribution in [2.75, 3.05) is 12.4 Å². The first-order chi connectivity index (χ1) is 9.15. The number of nitrogens with zero attached hydrogens (tertiary/aromatic N) is 2. The first-order valence-electron chi connectivity index (χ1n) is 6.02. The fourth-order valence-electron chi connectivity index (χ4n) is 2.05. The molecule has 0 aliphatic heterocycles. The van der Waals surface area contributed by atoms with Crippen LogP contribution in [0, 0.1) is 19.3 Å². The Morgan fingerprint density at radius 2 is 2.26 bits per heavy atom. The Labute approximate surface area is 113 Å². The average Bonchev–Trinajstić information content (AvgIpc) is 2.70. The number of methoxy groups -OCH3 is 1. The third-order valence-corrected chi connectivity index (χ3v) is 2.98. The highest BCUT2D eigenvalue weighted by atomic mass is 16.5. The monoisotopic (exact) mass is 255 g/mol. The lowest BCUT2D eigenvalue weighted by Crippen LogP contribution is -2.03. The molecule has 0 atom stereocenters. The number of hydrogen-bond acceptors (Lipinski definition) is 3. The second-order valence-electron chi connectivity index (χ2n) is 4.28. The van der Waals surface area contributed by atoms with E-state index in [0.29, 0.717) is 6.54 Å². The SMILES string of the molecule is C#Cc1cccc(NCc2c(C)nn(C)c2OC)c1. The molecular formula is C15H17N3O. The molecule has 98 valence electrons. The van der Waals surface area contributed by atoms with Gasteiger partial charge in [-0.3, -0.25) is 0 Å². The van der Waals surface area contributed by atoms with Crippen LogP contribution in [0.5, 0.6) is 5.88 Å². The first kappa shape index (κ1) is 13.0. The van der Waals surface area contributed by atoms with E-state index < -0.39 is 0 Å². The summed E-state index contributed by atoms with van der Waals surface area (Å²) < 4.78 is 7.10. The molecule has 2 rings (SSSR count). The lowest BCUT2D eigenvalue weighted by atomic mass is 10.2. The predicted octanol–water partition coefficient (Wildman–Crippen LogP) is 2.33. The number of ether oxygens (including phenoxy) is 1. The van der Waals surface area contributed by atoms with Gasteiger partial charge in [-0.25, -0.2) is 4.68 Å². The van der Waals surface area contributed by atoms with E-state index in [1.54, 1.807) is 11.8 Å². The second-order valence-corrected chi connectivity index (χ2v) is 4.28. The Morgan fingerprint density at radius 3 is 2.95 bits per heavy atom. The summed E-state index contributed by atoms with van der Waals surface area (Å²) in [5.41, 5.74) is 3.86. The van der Waals surface area contributed by atoms with Gasteiger partial charge in [-0.1, -0.05) is 12.0 Å². The third-order valence-electron chi connectivity index (χ3n) is 2.98. The molecule has 0 fully saturated rings. The number of benzene rings is 1. The van der Waals surface area contributed by atoms with E-state index in [9.17, 15) is 0 Å². The van der Waals surface area contributed by atoms with Crippen molar-refractivity contribution in [1.82, 2.24) is 9.78 Å². The van der Waals surface area contributed by atoms with Gasteiger partial charge in [0.25, 0.3) is 0 Å². The van der Waals surface area contributed by atoms with Crippen molar-refractivity contribution in [3.63, 3.8) is 0 Å². The first-order valence-corrected chi connectivity index (χ1v) is 6.02. The van der Waals surface area contributed by atoms with Crippen LogP contribution >= 0.6 is 0 Å². The van der Waals surface area contributed by atoms with Gasteiger partial charge < -0.3 is 10.1 Å². The smallest absolute Gasteiger partial charge is 0.216 e. The van der Waals surface area contributed by atoms with Crippen LogP contribution in [0.1, 0.15) is 16.8 Å². The highest BCUT2D eigenvalue weighted by Gasteiger charge is 2.13. The van der Waals surface area contributed by atoms with E-state index in [2.05, 4.69) is 16.3 Å². The van der Waals surface area contributed by atoms with Crippen molar-refractivity contribution in [1.29, 1.82) is 0 Å². The quantitative estimate of drug-likeness (QED) is 0.852. The number of aryl methyl sites for hydroxylation is 2. The van der Waals surface area contributed by atoms with E-state index in [4.69, 9.17) is 11.2 Å². The molecule has 1 N–H and O–H groups in total. The van der Waals surface area contributed by atoms with Gasteiger partial charge in [0, 0.05) is 24.8 Å². The summed E-state index contributed by atoms with van der Waals surface area (Å²) in [6, 6.07) is 7.77. The minimum atomic E-state index is 0.650. The van der Waals surface area contributed by atoms with Gasteiger partial charge >= 0.3 is 0 Å². The summed E-state index contributed by atoms with van der Waals surface area (Å²) in [6.07, 6.45) is 5.39. The van der Waals surface area contributed by atoms with Crippen LogP contribution in [0.2, 0.25) is 0 Å². The number of aromatic nitrogens is 2. The largest absolute Gasteiger partial charge is 0.481 e. The van der Waals surface area contributed by atoms with E-state index in [1.165, 1.54) is 0 Å². The van der Waals surface area contributed by atoms with Gasteiger partial charge in [0.05, 0.1) is 18.4 Å². The highest BCUT2D eigenvalue weighted by molar-refractivity contribution is 5.50.